The van der Waals surface area contributed by atoms with E-state index >= 15 is 0 Å². The Bertz CT molecular complexity index is 433. The summed E-state index contributed by atoms with van der Waals surface area (Å²) in [7, 11) is 0. The highest BCUT2D eigenvalue weighted by Crippen LogP contribution is 2.32. The van der Waals surface area contributed by atoms with Gasteiger partial charge in [0.05, 0.1) is 10.6 Å². The Morgan fingerprint density at radius 1 is 1.25 bits per heavy atom. The average Bonchev–Trinajstić information content (AvgIpc) is 2.80. The van der Waals surface area contributed by atoms with E-state index in [1.54, 1.807) is 0 Å². The molecule has 16 heavy (non-hydrogen) atoms. The molecule has 0 aromatic carbocycles. The Morgan fingerprint density at radius 2 is 2.12 bits per heavy atom. The van der Waals surface area contributed by atoms with E-state index in [9.17, 15) is 0 Å². The second kappa shape index (κ2) is 5.26. The summed E-state index contributed by atoms with van der Waals surface area (Å²) in [5.41, 5.74) is 1.09. The lowest BCUT2D eigenvalue weighted by atomic mass is 10.0. The molecule has 0 fully saturated rings. The molecule has 2 aromatic rings. The summed E-state index contributed by atoms with van der Waals surface area (Å²) < 4.78 is 0. The van der Waals surface area contributed by atoms with Gasteiger partial charge in [0.2, 0.25) is 0 Å². The maximum absolute atomic E-state index is 4.38. The van der Waals surface area contributed by atoms with Crippen LogP contribution in [0.25, 0.3) is 10.6 Å². The minimum Gasteiger partial charge on any atom is -0.255 e. The first-order chi connectivity index (χ1) is 7.81. The van der Waals surface area contributed by atoms with Crippen molar-refractivity contribution in [2.75, 3.05) is 0 Å². The van der Waals surface area contributed by atoms with Gasteiger partial charge >= 0.3 is 0 Å². The van der Waals surface area contributed by atoms with Crippen LogP contribution in [-0.2, 0) is 0 Å². The van der Waals surface area contributed by atoms with E-state index in [-0.39, 0.29) is 0 Å². The predicted molar refractivity (Wildman–Crippen MR) is 70.9 cm³/mol. The van der Waals surface area contributed by atoms with Crippen LogP contribution in [0.15, 0.2) is 36.5 Å². The van der Waals surface area contributed by atoms with Crippen molar-refractivity contribution in [3.05, 3.63) is 41.4 Å². The number of hydrogen-bond acceptors (Lipinski definition) is 2. The maximum atomic E-state index is 4.38. The summed E-state index contributed by atoms with van der Waals surface area (Å²) in [4.78, 5) is 7.13. The smallest absolute Gasteiger partial charge is 0.0801 e. The number of hydrogen-bond donors (Lipinski definition) is 0. The number of thiophene rings is 1. The van der Waals surface area contributed by atoms with Crippen molar-refractivity contribution in [3.63, 3.8) is 0 Å². The molecule has 1 nitrogen and oxygen atoms in total. The number of aromatic nitrogens is 1. The average molecular weight is 231 g/mol. The molecule has 2 rings (SSSR count). The summed E-state index contributed by atoms with van der Waals surface area (Å²) in [5.74, 6) is 0.674. The second-order valence-corrected chi connectivity index (χ2v) is 5.22. The number of nitrogens with zero attached hydrogens (tertiary/aromatic N) is 1. The van der Waals surface area contributed by atoms with Gasteiger partial charge in [-0.2, -0.15) is 0 Å². The largest absolute Gasteiger partial charge is 0.255 e. The van der Waals surface area contributed by atoms with Gasteiger partial charge in [0.1, 0.15) is 0 Å². The van der Waals surface area contributed by atoms with E-state index in [1.807, 2.05) is 29.7 Å². The number of rotatable bonds is 4. The molecule has 0 unspecified atom stereocenters. The molecule has 0 bridgehead atoms. The molecule has 2 heterocycles. The highest BCUT2D eigenvalue weighted by molar-refractivity contribution is 7.15. The normalized spacial score (nSPS) is 12.6. The monoisotopic (exact) mass is 231 g/mol. The van der Waals surface area contributed by atoms with Crippen molar-refractivity contribution in [1.29, 1.82) is 0 Å². The second-order valence-electron chi connectivity index (χ2n) is 4.11. The summed E-state index contributed by atoms with van der Waals surface area (Å²) >= 11 is 1.87. The van der Waals surface area contributed by atoms with Gasteiger partial charge in [-0.1, -0.05) is 26.3 Å². The third-order valence-corrected chi connectivity index (χ3v) is 4.09. The van der Waals surface area contributed by atoms with Gasteiger partial charge in [-0.25, -0.2) is 0 Å². The molecule has 0 saturated heterocycles. The number of pyridine rings is 1. The van der Waals surface area contributed by atoms with E-state index in [0.29, 0.717) is 5.92 Å². The van der Waals surface area contributed by atoms with Crippen molar-refractivity contribution < 1.29 is 0 Å². The van der Waals surface area contributed by atoms with Crippen LogP contribution in [-0.4, -0.2) is 4.98 Å². The van der Waals surface area contributed by atoms with E-state index < -0.39 is 0 Å². The summed E-state index contributed by atoms with van der Waals surface area (Å²) in [6, 6.07) is 10.5. The molecule has 84 valence electrons. The predicted octanol–water partition coefficient (Wildman–Crippen LogP) is 4.71. The molecule has 0 amide bonds. The topological polar surface area (TPSA) is 12.9 Å². The Labute approximate surface area is 101 Å². The standard InChI is InChI=1S/C14H17NS/c1-3-6-11(2)13-8-9-14(16-13)12-7-4-5-10-15-12/h4-5,7-11H,3,6H2,1-2H3/t11-/m0/s1. The van der Waals surface area contributed by atoms with Gasteiger partial charge in [0, 0.05) is 11.1 Å². The first kappa shape index (κ1) is 11.3. The fourth-order valence-electron chi connectivity index (χ4n) is 1.84. The molecule has 0 radical (unpaired) electrons. The van der Waals surface area contributed by atoms with Crippen molar-refractivity contribution in [1.82, 2.24) is 4.98 Å². The minimum atomic E-state index is 0.674. The molecule has 0 saturated carbocycles. The van der Waals surface area contributed by atoms with Crippen LogP contribution < -0.4 is 0 Å². The zero-order chi connectivity index (χ0) is 11.4. The summed E-state index contributed by atoms with van der Waals surface area (Å²) in [6.45, 7) is 4.54. The molecular formula is C14H17NS. The Morgan fingerprint density at radius 3 is 2.81 bits per heavy atom. The summed E-state index contributed by atoms with van der Waals surface area (Å²) in [6.07, 6.45) is 4.37. The lowest BCUT2D eigenvalue weighted by Gasteiger charge is -2.05. The lowest BCUT2D eigenvalue weighted by Crippen LogP contribution is -1.87. The first-order valence-corrected chi connectivity index (χ1v) is 6.64. The minimum absolute atomic E-state index is 0.674. The van der Waals surface area contributed by atoms with Gasteiger partial charge in [-0.15, -0.1) is 11.3 Å². The Kier molecular flexibility index (Phi) is 3.73. The molecule has 1 atom stereocenters. The van der Waals surface area contributed by atoms with Gasteiger partial charge in [0.15, 0.2) is 0 Å². The van der Waals surface area contributed by atoms with Gasteiger partial charge in [-0.3, -0.25) is 4.98 Å². The molecule has 2 heteroatoms. The van der Waals surface area contributed by atoms with Crippen molar-refractivity contribution in [2.24, 2.45) is 0 Å². The third kappa shape index (κ3) is 2.50. The molecule has 2 aromatic heterocycles. The van der Waals surface area contributed by atoms with E-state index in [0.717, 1.165) is 5.69 Å². The van der Waals surface area contributed by atoms with Gasteiger partial charge in [0.25, 0.3) is 0 Å². The molecule has 0 spiro atoms. The van der Waals surface area contributed by atoms with Crippen molar-refractivity contribution in [2.45, 2.75) is 32.6 Å². The fraction of sp³-hybridized carbons (Fsp3) is 0.357. The highest BCUT2D eigenvalue weighted by atomic mass is 32.1. The summed E-state index contributed by atoms with van der Waals surface area (Å²) in [5, 5.41) is 0. The molecule has 0 aliphatic carbocycles. The van der Waals surface area contributed by atoms with Gasteiger partial charge in [-0.05, 0) is 36.6 Å². The van der Waals surface area contributed by atoms with E-state index in [4.69, 9.17) is 0 Å². The van der Waals surface area contributed by atoms with Crippen LogP contribution >= 0.6 is 11.3 Å². The van der Waals surface area contributed by atoms with E-state index in [2.05, 4.69) is 37.0 Å². The highest BCUT2D eigenvalue weighted by Gasteiger charge is 2.09. The van der Waals surface area contributed by atoms with Crippen LogP contribution in [0, 0.1) is 0 Å². The molecule has 0 aliphatic rings. The van der Waals surface area contributed by atoms with Crippen LogP contribution in [0.3, 0.4) is 0 Å². The Hall–Kier alpha value is -1.15. The quantitative estimate of drug-likeness (QED) is 0.742. The van der Waals surface area contributed by atoms with Crippen LogP contribution in [0.4, 0.5) is 0 Å². The zero-order valence-electron chi connectivity index (χ0n) is 9.81. The SMILES string of the molecule is CCC[C@H](C)c1ccc(-c2ccccn2)s1. The molecule has 0 N–H and O–H groups in total. The van der Waals surface area contributed by atoms with Crippen LogP contribution in [0.1, 0.15) is 37.5 Å². The Balaban J connectivity index is 2.20. The van der Waals surface area contributed by atoms with E-state index in [1.165, 1.54) is 22.6 Å². The molecule has 0 aliphatic heterocycles. The van der Waals surface area contributed by atoms with Crippen LogP contribution in [0.5, 0.6) is 0 Å². The van der Waals surface area contributed by atoms with Crippen LogP contribution in [0.2, 0.25) is 0 Å². The maximum Gasteiger partial charge on any atom is 0.0801 e. The zero-order valence-corrected chi connectivity index (χ0v) is 10.6. The van der Waals surface area contributed by atoms with Gasteiger partial charge < -0.3 is 0 Å². The van der Waals surface area contributed by atoms with Crippen molar-refractivity contribution >= 4 is 11.3 Å². The fourth-order valence-corrected chi connectivity index (χ4v) is 2.91. The first-order valence-electron chi connectivity index (χ1n) is 5.82. The third-order valence-electron chi connectivity index (χ3n) is 2.75. The van der Waals surface area contributed by atoms with Crippen molar-refractivity contribution in [3.8, 4) is 10.6 Å². The molecular weight excluding hydrogens is 214 g/mol. The lowest BCUT2D eigenvalue weighted by molar-refractivity contribution is 0.675.